The molecule has 3 aromatic rings. The van der Waals surface area contributed by atoms with Crippen LogP contribution >= 0.6 is 0 Å². The smallest absolute Gasteiger partial charge is 0.344 e. The molecule has 0 saturated carbocycles. The molecule has 1 aromatic heterocycles. The SMILES string of the molecule is CCOC(=O)C1=C(N)Oc2c(c(=O)oc3ccccc23)[C@@H]1c1cc(F)cc(F)c1. The van der Waals surface area contributed by atoms with Crippen molar-refractivity contribution in [3.8, 4) is 5.75 Å². The number of halogens is 2. The lowest BCUT2D eigenvalue weighted by molar-refractivity contribution is -0.139. The van der Waals surface area contributed by atoms with Gasteiger partial charge in [-0.05, 0) is 36.8 Å². The fourth-order valence-corrected chi connectivity index (χ4v) is 3.45. The minimum atomic E-state index is -1.23. The first kappa shape index (κ1) is 18.7. The molecule has 4 rings (SSSR count). The Labute approximate surface area is 163 Å². The summed E-state index contributed by atoms with van der Waals surface area (Å²) in [6.45, 7) is 1.62. The average Bonchev–Trinajstić information content (AvgIpc) is 2.66. The number of benzene rings is 2. The third-order valence-corrected chi connectivity index (χ3v) is 4.57. The van der Waals surface area contributed by atoms with Gasteiger partial charge in [0.1, 0.15) is 22.8 Å². The van der Waals surface area contributed by atoms with E-state index in [1.165, 1.54) is 0 Å². The average molecular weight is 399 g/mol. The molecular formula is C21H15F2NO5. The van der Waals surface area contributed by atoms with Crippen LogP contribution in [-0.2, 0) is 9.53 Å². The molecule has 1 atom stereocenters. The van der Waals surface area contributed by atoms with E-state index in [1.807, 2.05) is 0 Å². The Bertz CT molecular complexity index is 1210. The Morgan fingerprint density at radius 3 is 2.55 bits per heavy atom. The van der Waals surface area contributed by atoms with Gasteiger partial charge in [0.25, 0.3) is 0 Å². The first-order valence-corrected chi connectivity index (χ1v) is 8.77. The van der Waals surface area contributed by atoms with Crippen LogP contribution in [0.1, 0.15) is 24.0 Å². The van der Waals surface area contributed by atoms with Gasteiger partial charge in [0, 0.05) is 6.07 Å². The fourth-order valence-electron chi connectivity index (χ4n) is 3.45. The van der Waals surface area contributed by atoms with Gasteiger partial charge in [0.15, 0.2) is 5.75 Å². The normalized spacial score (nSPS) is 15.8. The van der Waals surface area contributed by atoms with E-state index in [1.54, 1.807) is 31.2 Å². The van der Waals surface area contributed by atoms with E-state index in [9.17, 15) is 18.4 Å². The number of ether oxygens (including phenoxy) is 2. The number of esters is 1. The van der Waals surface area contributed by atoms with Crippen LogP contribution in [-0.4, -0.2) is 12.6 Å². The van der Waals surface area contributed by atoms with Crippen LogP contribution in [0.5, 0.6) is 5.75 Å². The van der Waals surface area contributed by atoms with Crippen LogP contribution in [0.25, 0.3) is 11.0 Å². The van der Waals surface area contributed by atoms with Crippen molar-refractivity contribution in [2.75, 3.05) is 6.61 Å². The molecule has 0 fully saturated rings. The summed E-state index contributed by atoms with van der Waals surface area (Å²) < 4.78 is 43.9. The van der Waals surface area contributed by atoms with E-state index in [-0.39, 0.29) is 40.5 Å². The molecule has 0 saturated heterocycles. The van der Waals surface area contributed by atoms with Crippen molar-refractivity contribution in [1.29, 1.82) is 0 Å². The number of rotatable bonds is 3. The minimum Gasteiger partial charge on any atom is -0.462 e. The second kappa shape index (κ2) is 7.05. The number of carbonyl (C=O) groups is 1. The van der Waals surface area contributed by atoms with E-state index >= 15 is 0 Å². The number of hydrogen-bond acceptors (Lipinski definition) is 6. The van der Waals surface area contributed by atoms with Crippen LogP contribution < -0.4 is 16.1 Å². The molecule has 0 unspecified atom stereocenters. The van der Waals surface area contributed by atoms with Gasteiger partial charge in [-0.25, -0.2) is 18.4 Å². The first-order chi connectivity index (χ1) is 13.9. The van der Waals surface area contributed by atoms with Crippen LogP contribution in [0, 0.1) is 11.6 Å². The second-order valence-corrected chi connectivity index (χ2v) is 6.36. The predicted molar refractivity (Wildman–Crippen MR) is 99.2 cm³/mol. The largest absolute Gasteiger partial charge is 0.462 e. The quantitative estimate of drug-likeness (QED) is 0.537. The summed E-state index contributed by atoms with van der Waals surface area (Å²) in [5.74, 6) is -4.10. The second-order valence-electron chi connectivity index (χ2n) is 6.36. The summed E-state index contributed by atoms with van der Waals surface area (Å²) in [7, 11) is 0. The van der Waals surface area contributed by atoms with Gasteiger partial charge in [-0.1, -0.05) is 12.1 Å². The van der Waals surface area contributed by atoms with Crippen molar-refractivity contribution < 1.29 is 27.5 Å². The number of nitrogens with two attached hydrogens (primary N) is 1. The number of carbonyl (C=O) groups excluding carboxylic acids is 1. The zero-order valence-corrected chi connectivity index (χ0v) is 15.2. The first-order valence-electron chi connectivity index (χ1n) is 8.77. The number of para-hydroxylation sites is 1. The van der Waals surface area contributed by atoms with Crippen molar-refractivity contribution in [3.63, 3.8) is 0 Å². The van der Waals surface area contributed by atoms with Gasteiger partial charge >= 0.3 is 11.6 Å². The van der Waals surface area contributed by atoms with Gasteiger partial charge in [-0.15, -0.1) is 0 Å². The maximum atomic E-state index is 13.9. The van der Waals surface area contributed by atoms with Gasteiger partial charge in [0.05, 0.1) is 23.5 Å². The van der Waals surface area contributed by atoms with Gasteiger partial charge < -0.3 is 19.6 Å². The molecule has 0 bridgehead atoms. The molecule has 6 nitrogen and oxygen atoms in total. The zero-order chi connectivity index (χ0) is 20.7. The van der Waals surface area contributed by atoms with E-state index in [0.717, 1.165) is 12.1 Å². The highest BCUT2D eigenvalue weighted by Gasteiger charge is 2.39. The lowest BCUT2D eigenvalue weighted by Gasteiger charge is -2.28. The highest BCUT2D eigenvalue weighted by atomic mass is 19.1. The molecule has 29 heavy (non-hydrogen) atoms. The van der Waals surface area contributed by atoms with Crippen molar-refractivity contribution in [3.05, 3.63) is 87.1 Å². The topological polar surface area (TPSA) is 91.8 Å². The Hall–Kier alpha value is -3.68. The molecule has 1 aliphatic heterocycles. The molecule has 0 spiro atoms. The van der Waals surface area contributed by atoms with Crippen molar-refractivity contribution in [2.24, 2.45) is 5.73 Å². The lowest BCUT2D eigenvalue weighted by Crippen LogP contribution is -2.31. The van der Waals surface area contributed by atoms with Gasteiger partial charge in [0.2, 0.25) is 5.88 Å². The maximum absolute atomic E-state index is 13.9. The highest BCUT2D eigenvalue weighted by Crippen LogP contribution is 2.44. The molecule has 2 aromatic carbocycles. The molecule has 2 N–H and O–H groups in total. The molecule has 0 radical (unpaired) electrons. The van der Waals surface area contributed by atoms with Crippen LogP contribution in [0.3, 0.4) is 0 Å². The monoisotopic (exact) mass is 399 g/mol. The van der Waals surface area contributed by atoms with Crippen molar-refractivity contribution in [1.82, 2.24) is 0 Å². The van der Waals surface area contributed by atoms with Crippen LogP contribution in [0.15, 0.2) is 63.1 Å². The Kier molecular flexibility index (Phi) is 4.54. The molecule has 0 aliphatic carbocycles. The van der Waals surface area contributed by atoms with E-state index in [2.05, 4.69) is 0 Å². The van der Waals surface area contributed by atoms with Gasteiger partial charge in [-0.2, -0.15) is 0 Å². The molecule has 148 valence electrons. The van der Waals surface area contributed by atoms with E-state index < -0.39 is 29.1 Å². The van der Waals surface area contributed by atoms with Gasteiger partial charge in [-0.3, -0.25) is 0 Å². The third-order valence-electron chi connectivity index (χ3n) is 4.57. The zero-order valence-electron chi connectivity index (χ0n) is 15.2. The molecule has 8 heteroatoms. The maximum Gasteiger partial charge on any atom is 0.344 e. The third kappa shape index (κ3) is 3.12. The fraction of sp³-hybridized carbons (Fsp3) is 0.143. The van der Waals surface area contributed by atoms with E-state index in [4.69, 9.17) is 19.6 Å². The summed E-state index contributed by atoms with van der Waals surface area (Å²) in [6.07, 6.45) is 0. The highest BCUT2D eigenvalue weighted by molar-refractivity contribution is 5.94. The predicted octanol–water partition coefficient (Wildman–Crippen LogP) is 3.33. The molecule has 1 aliphatic rings. The standard InChI is InChI=1S/C21H15F2NO5/c1-2-27-20(25)17-15(10-7-11(22)9-12(23)8-10)16-18(29-19(17)24)13-5-3-4-6-14(13)28-21(16)26/h3-9,15H,2,24H2,1H3/t15-/m0/s1. The Morgan fingerprint density at radius 1 is 1.17 bits per heavy atom. The lowest BCUT2D eigenvalue weighted by atomic mass is 9.83. The number of fused-ring (bicyclic) bond motifs is 3. The van der Waals surface area contributed by atoms with Crippen LogP contribution in [0.2, 0.25) is 0 Å². The Morgan fingerprint density at radius 2 is 1.86 bits per heavy atom. The summed E-state index contributed by atoms with van der Waals surface area (Å²) in [6, 6.07) is 9.30. The van der Waals surface area contributed by atoms with Crippen LogP contribution in [0.4, 0.5) is 8.78 Å². The minimum absolute atomic E-state index is 0.000587. The van der Waals surface area contributed by atoms with E-state index in [0.29, 0.717) is 11.5 Å². The summed E-state index contributed by atoms with van der Waals surface area (Å²) in [5.41, 5.74) is 5.11. The van der Waals surface area contributed by atoms with Crippen molar-refractivity contribution >= 4 is 16.9 Å². The summed E-state index contributed by atoms with van der Waals surface area (Å²) in [4.78, 5) is 25.4. The summed E-state index contributed by atoms with van der Waals surface area (Å²) in [5, 5.41) is 0.426. The summed E-state index contributed by atoms with van der Waals surface area (Å²) >= 11 is 0. The molecule has 2 heterocycles. The van der Waals surface area contributed by atoms with Crippen molar-refractivity contribution in [2.45, 2.75) is 12.8 Å². The Balaban J connectivity index is 2.07. The number of hydrogen-bond donors (Lipinski definition) is 1. The molecule has 0 amide bonds. The molecular weight excluding hydrogens is 384 g/mol.